The number of halogens is 2. The molecule has 0 aliphatic heterocycles. The van der Waals surface area contributed by atoms with E-state index in [0.717, 1.165) is 30.2 Å². The molecule has 0 saturated carbocycles. The van der Waals surface area contributed by atoms with Crippen molar-refractivity contribution in [1.29, 1.82) is 0 Å². The minimum atomic E-state index is -1.09. The van der Waals surface area contributed by atoms with Crippen molar-refractivity contribution < 1.29 is 23.4 Å². The van der Waals surface area contributed by atoms with Gasteiger partial charge < -0.3 is 20.9 Å². The summed E-state index contributed by atoms with van der Waals surface area (Å²) < 4.78 is 28.2. The number of nitrogens with one attached hydrogen (secondary N) is 2. The Hall–Kier alpha value is -3.43. The molecule has 3 rings (SSSR count). The van der Waals surface area contributed by atoms with Crippen LogP contribution in [0, 0.1) is 16.8 Å². The molecule has 0 saturated heterocycles. The number of hydrogen-bond acceptors (Lipinski definition) is 5. The van der Waals surface area contributed by atoms with E-state index in [1.807, 2.05) is 25.1 Å². The Labute approximate surface area is 209 Å². The van der Waals surface area contributed by atoms with Crippen molar-refractivity contribution in [3.05, 3.63) is 99.8 Å². The van der Waals surface area contributed by atoms with Gasteiger partial charge >= 0.3 is 0 Å². The minimum Gasteiger partial charge on any atom is -0.618 e. The van der Waals surface area contributed by atoms with Crippen LogP contribution in [0.3, 0.4) is 0 Å². The zero-order chi connectivity index (χ0) is 26.1. The van der Waals surface area contributed by atoms with Crippen LogP contribution in [-0.4, -0.2) is 34.7 Å². The third kappa shape index (κ3) is 7.53. The van der Waals surface area contributed by atoms with E-state index in [1.54, 1.807) is 0 Å². The average Bonchev–Trinajstić information content (AvgIpc) is 2.84. The van der Waals surface area contributed by atoms with Crippen molar-refractivity contribution in [3.63, 3.8) is 0 Å². The number of carbonyl (C=O) groups is 1. The summed E-state index contributed by atoms with van der Waals surface area (Å²) in [4.78, 5) is 17.2. The molecule has 2 atom stereocenters. The predicted molar refractivity (Wildman–Crippen MR) is 132 cm³/mol. The van der Waals surface area contributed by atoms with Crippen LogP contribution in [0.2, 0.25) is 0 Å². The molecule has 1 heterocycles. The maximum absolute atomic E-state index is 13.8. The van der Waals surface area contributed by atoms with Gasteiger partial charge in [-0.2, -0.15) is 4.73 Å². The number of aromatic nitrogens is 2. The van der Waals surface area contributed by atoms with Crippen LogP contribution in [-0.2, 0) is 25.8 Å². The highest BCUT2D eigenvalue weighted by Gasteiger charge is 2.27. The number of carbonyl (C=O) groups excluding carboxylic acids is 1. The van der Waals surface area contributed by atoms with E-state index < -0.39 is 29.7 Å². The molecule has 36 heavy (non-hydrogen) atoms. The van der Waals surface area contributed by atoms with Gasteiger partial charge in [0.15, 0.2) is 11.9 Å². The van der Waals surface area contributed by atoms with E-state index in [9.17, 15) is 23.9 Å². The van der Waals surface area contributed by atoms with Crippen LogP contribution in [0.4, 0.5) is 8.78 Å². The maximum atomic E-state index is 13.8. The molecule has 3 N–H and O–H groups in total. The number of rotatable bonds is 12. The predicted octanol–water partition coefficient (Wildman–Crippen LogP) is 3.00. The van der Waals surface area contributed by atoms with E-state index in [1.165, 1.54) is 18.0 Å². The van der Waals surface area contributed by atoms with Gasteiger partial charge in [-0.15, -0.1) is 0 Å². The van der Waals surface area contributed by atoms with Crippen LogP contribution >= 0.6 is 0 Å². The highest BCUT2D eigenvalue weighted by atomic mass is 19.1. The normalized spacial score (nSPS) is 12.8. The summed E-state index contributed by atoms with van der Waals surface area (Å²) >= 11 is 0. The van der Waals surface area contributed by atoms with Crippen molar-refractivity contribution in [2.24, 2.45) is 0 Å². The highest BCUT2D eigenvalue weighted by molar-refractivity contribution is 5.93. The highest BCUT2D eigenvalue weighted by Crippen LogP contribution is 2.13. The van der Waals surface area contributed by atoms with Crippen molar-refractivity contribution in [2.75, 3.05) is 6.54 Å². The third-order valence-corrected chi connectivity index (χ3v) is 5.89. The standard InChI is InChI=1S/C27H32F2N4O3/c1-3-6-24-26(31-9-10-33(24)36)27(35)32-23(14-20-12-21(28)15-22(29)13-20)25(34)17-30-16-19-8-5-7-18(4-2)11-19/h5,7-13,15,23,25,30,34H,3-4,6,14,16-17H2,1-2H3,(H,32,35). The molecular weight excluding hydrogens is 466 g/mol. The van der Waals surface area contributed by atoms with E-state index in [2.05, 4.69) is 28.6 Å². The van der Waals surface area contributed by atoms with Gasteiger partial charge in [-0.3, -0.25) is 4.79 Å². The van der Waals surface area contributed by atoms with Crippen LogP contribution in [0.25, 0.3) is 0 Å². The first-order chi connectivity index (χ1) is 17.3. The summed E-state index contributed by atoms with van der Waals surface area (Å²) in [5.74, 6) is -2.14. The molecular formula is C27H32F2N4O3. The second-order valence-electron chi connectivity index (χ2n) is 8.73. The second-order valence-corrected chi connectivity index (χ2v) is 8.73. The summed E-state index contributed by atoms with van der Waals surface area (Å²) in [5.41, 5.74) is 2.70. The second kappa shape index (κ2) is 13.0. The van der Waals surface area contributed by atoms with Crippen molar-refractivity contribution in [2.45, 2.75) is 58.2 Å². The first-order valence-corrected chi connectivity index (χ1v) is 12.1. The first-order valence-electron chi connectivity index (χ1n) is 12.1. The van der Waals surface area contributed by atoms with Gasteiger partial charge in [0.25, 0.3) is 5.91 Å². The topological polar surface area (TPSA) is 101 Å². The van der Waals surface area contributed by atoms with E-state index in [4.69, 9.17) is 0 Å². The van der Waals surface area contributed by atoms with Gasteiger partial charge in [-0.05, 0) is 48.1 Å². The van der Waals surface area contributed by atoms with Gasteiger partial charge in [0.05, 0.1) is 18.3 Å². The quantitative estimate of drug-likeness (QED) is 0.263. The lowest BCUT2D eigenvalue weighted by atomic mass is 10.00. The smallest absolute Gasteiger partial charge is 0.276 e. The fraction of sp³-hybridized carbons (Fsp3) is 0.370. The van der Waals surface area contributed by atoms with Crippen LogP contribution in [0.1, 0.15) is 53.1 Å². The fourth-order valence-electron chi connectivity index (χ4n) is 4.06. The van der Waals surface area contributed by atoms with E-state index in [-0.39, 0.29) is 29.9 Å². The lowest BCUT2D eigenvalue weighted by Crippen LogP contribution is -2.49. The summed E-state index contributed by atoms with van der Waals surface area (Å²) in [7, 11) is 0. The molecule has 0 spiro atoms. The number of aliphatic hydroxyl groups excluding tert-OH is 1. The molecule has 1 aromatic heterocycles. The van der Waals surface area contributed by atoms with Gasteiger partial charge in [0.2, 0.25) is 5.69 Å². The molecule has 2 aromatic carbocycles. The van der Waals surface area contributed by atoms with E-state index >= 15 is 0 Å². The molecule has 3 aromatic rings. The molecule has 192 valence electrons. The largest absolute Gasteiger partial charge is 0.618 e. The molecule has 7 nitrogen and oxygen atoms in total. The Morgan fingerprint density at radius 1 is 1.11 bits per heavy atom. The zero-order valence-electron chi connectivity index (χ0n) is 20.5. The van der Waals surface area contributed by atoms with Gasteiger partial charge in [0.1, 0.15) is 11.6 Å². The van der Waals surface area contributed by atoms with Gasteiger partial charge in [0, 0.05) is 25.6 Å². The molecule has 0 bridgehead atoms. The number of aliphatic hydroxyl groups is 1. The van der Waals surface area contributed by atoms with Crippen molar-refractivity contribution in [3.8, 4) is 0 Å². The van der Waals surface area contributed by atoms with Crippen LogP contribution < -0.4 is 15.4 Å². The number of benzene rings is 2. The third-order valence-electron chi connectivity index (χ3n) is 5.89. The van der Waals surface area contributed by atoms with E-state index in [0.29, 0.717) is 24.1 Å². The molecule has 9 heteroatoms. The number of hydrogen-bond donors (Lipinski definition) is 3. The molecule has 0 aliphatic rings. The minimum absolute atomic E-state index is 0.0259. The maximum Gasteiger partial charge on any atom is 0.276 e. The monoisotopic (exact) mass is 498 g/mol. The summed E-state index contributed by atoms with van der Waals surface area (Å²) in [6.45, 7) is 4.56. The summed E-state index contributed by atoms with van der Waals surface area (Å²) in [5, 5.41) is 29.1. The Bertz CT molecular complexity index is 1160. The van der Waals surface area contributed by atoms with Crippen LogP contribution in [0.15, 0.2) is 54.9 Å². The van der Waals surface area contributed by atoms with Crippen molar-refractivity contribution >= 4 is 5.91 Å². The molecule has 0 fully saturated rings. The Balaban J connectivity index is 1.77. The van der Waals surface area contributed by atoms with Crippen LogP contribution in [0.5, 0.6) is 0 Å². The lowest BCUT2D eigenvalue weighted by Gasteiger charge is -2.25. The Kier molecular flexibility index (Phi) is 9.84. The lowest BCUT2D eigenvalue weighted by molar-refractivity contribution is -0.614. The van der Waals surface area contributed by atoms with Crippen molar-refractivity contribution in [1.82, 2.24) is 15.6 Å². The van der Waals surface area contributed by atoms with Gasteiger partial charge in [-0.25, -0.2) is 13.8 Å². The number of aryl methyl sites for hydroxylation is 1. The Morgan fingerprint density at radius 2 is 1.83 bits per heavy atom. The fourth-order valence-corrected chi connectivity index (χ4v) is 4.06. The number of amides is 1. The molecule has 0 radical (unpaired) electrons. The molecule has 0 aliphatic carbocycles. The zero-order valence-corrected chi connectivity index (χ0v) is 20.5. The first kappa shape index (κ1) is 27.2. The van der Waals surface area contributed by atoms with Gasteiger partial charge in [-0.1, -0.05) is 38.1 Å². The molecule has 2 unspecified atom stereocenters. The number of nitrogens with zero attached hydrogens (tertiary/aromatic N) is 2. The summed E-state index contributed by atoms with van der Waals surface area (Å²) in [6.07, 6.45) is 3.23. The summed E-state index contributed by atoms with van der Waals surface area (Å²) in [6, 6.07) is 10.2. The SMILES string of the molecule is CCCc1c(C(=O)NC(Cc2cc(F)cc(F)c2)C(O)CNCc2cccc(CC)c2)ncc[n+]1[O-]. The average molecular weight is 499 g/mol. The Morgan fingerprint density at radius 3 is 2.53 bits per heavy atom. The molecule has 1 amide bonds.